The lowest BCUT2D eigenvalue weighted by Gasteiger charge is -2.36. The molecule has 0 bridgehead atoms. The summed E-state index contributed by atoms with van der Waals surface area (Å²) < 4.78 is 5.73. The van der Waals surface area contributed by atoms with Crippen molar-refractivity contribution in [3.63, 3.8) is 0 Å². The average Bonchev–Trinajstić information content (AvgIpc) is 2.43. The van der Waals surface area contributed by atoms with Crippen molar-refractivity contribution in [2.75, 3.05) is 38.1 Å². The predicted octanol–water partition coefficient (Wildman–Crippen LogP) is 2.45. The average molecular weight is 307 g/mol. The molecule has 1 aromatic carbocycles. The Kier molecular flexibility index (Phi) is 5.37. The van der Waals surface area contributed by atoms with Crippen molar-refractivity contribution < 1.29 is 9.66 Å². The summed E-state index contributed by atoms with van der Waals surface area (Å²) >= 11 is 0. The van der Waals surface area contributed by atoms with E-state index in [1.807, 2.05) is 24.1 Å². The summed E-state index contributed by atoms with van der Waals surface area (Å²) in [4.78, 5) is 15.3. The first-order chi connectivity index (χ1) is 10.4. The molecular formula is C16H25N3O3. The van der Waals surface area contributed by atoms with E-state index in [1.165, 1.54) is 0 Å². The molecule has 1 aliphatic rings. The second-order valence-corrected chi connectivity index (χ2v) is 6.14. The third kappa shape index (κ3) is 3.96. The van der Waals surface area contributed by atoms with E-state index < -0.39 is 0 Å². The van der Waals surface area contributed by atoms with Gasteiger partial charge in [-0.15, -0.1) is 0 Å². The van der Waals surface area contributed by atoms with Crippen molar-refractivity contribution in [1.82, 2.24) is 4.90 Å². The SMILES string of the molecule is Cc1cccc(N(C)CCN2C[C@@H](C)O[C@@H](C)C2)c1[N+](=O)[O-]. The van der Waals surface area contributed by atoms with Crippen molar-refractivity contribution in [1.29, 1.82) is 0 Å². The largest absolute Gasteiger partial charge is 0.373 e. The van der Waals surface area contributed by atoms with Gasteiger partial charge < -0.3 is 9.64 Å². The smallest absolute Gasteiger partial charge is 0.295 e. The number of anilines is 1. The number of nitro groups is 1. The van der Waals surface area contributed by atoms with Crippen LogP contribution in [0.15, 0.2) is 18.2 Å². The van der Waals surface area contributed by atoms with Crippen molar-refractivity contribution in [3.8, 4) is 0 Å². The molecule has 2 rings (SSSR count). The molecule has 0 aliphatic carbocycles. The molecule has 0 saturated carbocycles. The van der Waals surface area contributed by atoms with E-state index in [9.17, 15) is 10.1 Å². The van der Waals surface area contributed by atoms with Gasteiger partial charge in [-0.2, -0.15) is 0 Å². The fourth-order valence-electron chi connectivity index (χ4n) is 3.07. The lowest BCUT2D eigenvalue weighted by molar-refractivity contribution is -0.384. The number of ether oxygens (including phenoxy) is 1. The molecule has 22 heavy (non-hydrogen) atoms. The Bertz CT molecular complexity index is 525. The van der Waals surface area contributed by atoms with Crippen LogP contribution in [0.3, 0.4) is 0 Å². The first-order valence-electron chi connectivity index (χ1n) is 7.71. The number of benzene rings is 1. The number of hydrogen-bond donors (Lipinski definition) is 0. The molecule has 0 spiro atoms. The van der Waals surface area contributed by atoms with Gasteiger partial charge in [0.25, 0.3) is 5.69 Å². The Morgan fingerprint density at radius 2 is 2.00 bits per heavy atom. The molecule has 1 saturated heterocycles. The summed E-state index contributed by atoms with van der Waals surface area (Å²) in [6, 6.07) is 5.46. The second-order valence-electron chi connectivity index (χ2n) is 6.14. The van der Waals surface area contributed by atoms with E-state index in [1.54, 1.807) is 13.0 Å². The normalized spacial score (nSPS) is 22.5. The van der Waals surface area contributed by atoms with E-state index in [0.29, 0.717) is 11.3 Å². The van der Waals surface area contributed by atoms with E-state index in [2.05, 4.69) is 18.7 Å². The first kappa shape index (κ1) is 16.7. The van der Waals surface area contributed by atoms with E-state index in [-0.39, 0.29) is 22.8 Å². The quantitative estimate of drug-likeness (QED) is 0.618. The van der Waals surface area contributed by atoms with Crippen LogP contribution in [0.4, 0.5) is 11.4 Å². The van der Waals surface area contributed by atoms with Crippen LogP contribution < -0.4 is 4.90 Å². The number of hydrogen-bond acceptors (Lipinski definition) is 5. The van der Waals surface area contributed by atoms with Gasteiger partial charge in [-0.1, -0.05) is 12.1 Å². The minimum Gasteiger partial charge on any atom is -0.373 e. The summed E-state index contributed by atoms with van der Waals surface area (Å²) in [7, 11) is 1.91. The fraction of sp³-hybridized carbons (Fsp3) is 0.625. The summed E-state index contributed by atoms with van der Waals surface area (Å²) in [5.74, 6) is 0. The van der Waals surface area contributed by atoms with Crippen molar-refractivity contribution in [3.05, 3.63) is 33.9 Å². The Morgan fingerprint density at radius 3 is 2.59 bits per heavy atom. The monoisotopic (exact) mass is 307 g/mol. The number of likely N-dealkylation sites (N-methyl/N-ethyl adjacent to an activating group) is 1. The van der Waals surface area contributed by atoms with E-state index in [4.69, 9.17) is 4.74 Å². The van der Waals surface area contributed by atoms with Crippen LogP contribution in [-0.2, 0) is 4.74 Å². The lowest BCUT2D eigenvalue weighted by Crippen LogP contribution is -2.47. The third-order valence-corrected chi connectivity index (χ3v) is 4.06. The zero-order valence-corrected chi connectivity index (χ0v) is 13.8. The fourth-order valence-corrected chi connectivity index (χ4v) is 3.07. The Balaban J connectivity index is 2.02. The molecule has 2 atom stereocenters. The van der Waals surface area contributed by atoms with Crippen LogP contribution in [0, 0.1) is 17.0 Å². The predicted molar refractivity (Wildman–Crippen MR) is 87.6 cm³/mol. The topological polar surface area (TPSA) is 58.8 Å². The van der Waals surface area contributed by atoms with Gasteiger partial charge in [0, 0.05) is 38.8 Å². The molecule has 1 heterocycles. The third-order valence-electron chi connectivity index (χ3n) is 4.06. The molecule has 0 N–H and O–H groups in total. The molecule has 1 aromatic rings. The van der Waals surface area contributed by atoms with Gasteiger partial charge in [-0.3, -0.25) is 15.0 Å². The van der Waals surface area contributed by atoms with Crippen molar-refractivity contribution in [2.24, 2.45) is 0 Å². The van der Waals surface area contributed by atoms with Crippen LogP contribution in [0.5, 0.6) is 0 Å². The number of para-hydroxylation sites is 1. The molecule has 6 nitrogen and oxygen atoms in total. The first-order valence-corrected chi connectivity index (χ1v) is 7.71. The maximum Gasteiger partial charge on any atom is 0.295 e. The number of aryl methyl sites for hydroxylation is 1. The van der Waals surface area contributed by atoms with E-state index >= 15 is 0 Å². The van der Waals surface area contributed by atoms with Gasteiger partial charge in [-0.25, -0.2) is 0 Å². The highest BCUT2D eigenvalue weighted by Crippen LogP contribution is 2.30. The summed E-state index contributed by atoms with van der Waals surface area (Å²) in [6.45, 7) is 9.39. The van der Waals surface area contributed by atoms with Gasteiger partial charge in [-0.05, 0) is 26.8 Å². The summed E-state index contributed by atoms with van der Waals surface area (Å²) in [5.41, 5.74) is 1.58. The van der Waals surface area contributed by atoms with E-state index in [0.717, 1.165) is 26.2 Å². The Labute approximate surface area is 131 Å². The van der Waals surface area contributed by atoms with Gasteiger partial charge >= 0.3 is 0 Å². The van der Waals surface area contributed by atoms with Crippen LogP contribution in [-0.4, -0.2) is 55.3 Å². The van der Waals surface area contributed by atoms with Crippen molar-refractivity contribution in [2.45, 2.75) is 33.0 Å². The molecule has 1 fully saturated rings. The van der Waals surface area contributed by atoms with Crippen LogP contribution >= 0.6 is 0 Å². The lowest BCUT2D eigenvalue weighted by atomic mass is 10.1. The Hall–Kier alpha value is -1.66. The number of nitro benzene ring substituents is 1. The summed E-state index contributed by atoms with van der Waals surface area (Å²) in [6.07, 6.45) is 0.477. The minimum absolute atomic E-state index is 0.203. The summed E-state index contributed by atoms with van der Waals surface area (Å²) in [5, 5.41) is 11.3. The number of nitrogens with zero attached hydrogens (tertiary/aromatic N) is 3. The minimum atomic E-state index is -0.292. The Morgan fingerprint density at radius 1 is 1.36 bits per heavy atom. The van der Waals surface area contributed by atoms with Crippen LogP contribution in [0.1, 0.15) is 19.4 Å². The number of rotatable bonds is 5. The zero-order chi connectivity index (χ0) is 16.3. The second kappa shape index (κ2) is 7.07. The molecule has 0 unspecified atom stereocenters. The molecule has 122 valence electrons. The van der Waals surface area contributed by atoms with Crippen LogP contribution in [0.2, 0.25) is 0 Å². The standard InChI is InChI=1S/C16H25N3O3/c1-12-6-5-7-15(16(12)19(20)21)17(4)8-9-18-10-13(2)22-14(3)11-18/h5-7,13-14H,8-11H2,1-4H3/t13-,14+. The zero-order valence-electron chi connectivity index (χ0n) is 13.8. The number of morpholine rings is 1. The molecule has 0 aromatic heterocycles. The highest BCUT2D eigenvalue weighted by Gasteiger charge is 2.23. The molecular weight excluding hydrogens is 282 g/mol. The maximum absolute atomic E-state index is 11.3. The van der Waals surface area contributed by atoms with Gasteiger partial charge in [0.2, 0.25) is 0 Å². The van der Waals surface area contributed by atoms with Gasteiger partial charge in [0.1, 0.15) is 5.69 Å². The van der Waals surface area contributed by atoms with Gasteiger partial charge in [0.05, 0.1) is 17.1 Å². The highest BCUT2D eigenvalue weighted by molar-refractivity contribution is 5.66. The van der Waals surface area contributed by atoms with Gasteiger partial charge in [0.15, 0.2) is 0 Å². The molecule has 0 radical (unpaired) electrons. The molecule has 1 aliphatic heterocycles. The molecule has 6 heteroatoms. The van der Waals surface area contributed by atoms with Crippen molar-refractivity contribution >= 4 is 11.4 Å². The molecule has 0 amide bonds. The van der Waals surface area contributed by atoms with Crippen LogP contribution in [0.25, 0.3) is 0 Å². The maximum atomic E-state index is 11.3. The highest BCUT2D eigenvalue weighted by atomic mass is 16.6.